The molecule has 2 aromatic carbocycles. The largest absolute Gasteiger partial charge is 0.497 e. The Balaban J connectivity index is 1.37. The monoisotopic (exact) mass is 548 g/mol. The predicted octanol–water partition coefficient (Wildman–Crippen LogP) is 4.82. The molecule has 0 radical (unpaired) electrons. The minimum absolute atomic E-state index is 0.139. The van der Waals surface area contributed by atoms with Crippen LogP contribution in [0.5, 0.6) is 5.75 Å². The fraction of sp³-hybridized carbons (Fsp3) is 0.516. The van der Waals surface area contributed by atoms with Gasteiger partial charge in [-0.2, -0.15) is 0 Å². The van der Waals surface area contributed by atoms with Crippen LogP contribution in [-0.2, 0) is 13.0 Å². The number of ether oxygens (including phenoxy) is 1. The number of aromatic nitrogens is 2. The van der Waals surface area contributed by atoms with Gasteiger partial charge in [0.15, 0.2) is 5.96 Å². The molecule has 1 saturated carbocycles. The maximum absolute atomic E-state index is 14.4. The van der Waals surface area contributed by atoms with Crippen molar-refractivity contribution in [2.24, 2.45) is 10.9 Å². The van der Waals surface area contributed by atoms with Crippen LogP contribution in [0, 0.1) is 11.7 Å². The Morgan fingerprint density at radius 2 is 1.90 bits per heavy atom. The Bertz CT molecular complexity index is 1410. The number of anilines is 1. The molecule has 214 valence electrons. The van der Waals surface area contributed by atoms with E-state index in [1.54, 1.807) is 23.0 Å². The van der Waals surface area contributed by atoms with E-state index < -0.39 is 0 Å². The summed E-state index contributed by atoms with van der Waals surface area (Å²) in [7, 11) is 1.51. The van der Waals surface area contributed by atoms with Gasteiger partial charge in [0.05, 0.1) is 30.4 Å². The molecule has 2 unspecified atom stereocenters. The molecule has 0 bridgehead atoms. The molecule has 1 aliphatic carbocycles. The summed E-state index contributed by atoms with van der Waals surface area (Å²) in [5.41, 5.74) is 1.87. The van der Waals surface area contributed by atoms with Crippen LogP contribution in [0.3, 0.4) is 0 Å². The molecule has 1 saturated heterocycles. The van der Waals surface area contributed by atoms with Gasteiger partial charge in [-0.25, -0.2) is 14.4 Å². The lowest BCUT2D eigenvalue weighted by Crippen LogP contribution is -2.57. The van der Waals surface area contributed by atoms with Crippen molar-refractivity contribution in [3.8, 4) is 5.75 Å². The van der Waals surface area contributed by atoms with Crippen LogP contribution in [0.4, 0.5) is 10.1 Å². The Labute approximate surface area is 235 Å². The molecule has 4 atom stereocenters. The number of nitrogens with one attached hydrogen (secondary N) is 2. The zero-order chi connectivity index (χ0) is 28.2. The summed E-state index contributed by atoms with van der Waals surface area (Å²) in [6.07, 6.45) is 6.76. The number of fused-ring (bicyclic) bond motifs is 1. The van der Waals surface area contributed by atoms with Crippen molar-refractivity contribution < 1.29 is 9.13 Å². The van der Waals surface area contributed by atoms with Gasteiger partial charge in [0, 0.05) is 43.5 Å². The summed E-state index contributed by atoms with van der Waals surface area (Å²) >= 11 is 0. The Hall–Kier alpha value is -3.46. The lowest BCUT2D eigenvalue weighted by molar-refractivity contribution is 0.250. The van der Waals surface area contributed by atoms with Crippen LogP contribution in [0.25, 0.3) is 10.9 Å². The third-order valence-electron chi connectivity index (χ3n) is 8.18. The summed E-state index contributed by atoms with van der Waals surface area (Å²) in [6.45, 7) is 8.81. The van der Waals surface area contributed by atoms with E-state index in [1.165, 1.54) is 32.4 Å². The maximum atomic E-state index is 14.4. The summed E-state index contributed by atoms with van der Waals surface area (Å²) in [5, 5.41) is 7.73. The first-order chi connectivity index (χ1) is 19.3. The molecule has 9 heteroatoms. The average Bonchev–Trinajstić information content (AvgIpc) is 2.93. The Morgan fingerprint density at radius 1 is 1.12 bits per heavy atom. The molecule has 1 aromatic heterocycles. The number of halogens is 1. The first-order valence-corrected chi connectivity index (χ1v) is 14.5. The number of guanidine groups is 1. The van der Waals surface area contributed by atoms with Crippen molar-refractivity contribution in [1.29, 1.82) is 0 Å². The number of rotatable bonds is 6. The third kappa shape index (κ3) is 6.46. The summed E-state index contributed by atoms with van der Waals surface area (Å²) < 4.78 is 21.0. The van der Waals surface area contributed by atoms with Gasteiger partial charge in [-0.15, -0.1) is 0 Å². The summed E-state index contributed by atoms with van der Waals surface area (Å²) in [6, 6.07) is 11.5. The predicted molar refractivity (Wildman–Crippen MR) is 159 cm³/mol. The van der Waals surface area contributed by atoms with Crippen LogP contribution in [-0.4, -0.2) is 58.7 Å². The second kappa shape index (κ2) is 12.4. The van der Waals surface area contributed by atoms with E-state index in [9.17, 15) is 9.18 Å². The highest BCUT2D eigenvalue weighted by Gasteiger charge is 2.27. The number of aliphatic imine (C=N–C) groups is 1. The van der Waals surface area contributed by atoms with Crippen LogP contribution in [0.15, 0.2) is 52.5 Å². The van der Waals surface area contributed by atoms with E-state index in [4.69, 9.17) is 9.73 Å². The van der Waals surface area contributed by atoms with Crippen molar-refractivity contribution in [3.05, 3.63) is 64.5 Å². The van der Waals surface area contributed by atoms with Gasteiger partial charge in [0.2, 0.25) is 0 Å². The number of piperazine rings is 1. The fourth-order valence-corrected chi connectivity index (χ4v) is 5.96. The highest BCUT2D eigenvalue weighted by Crippen LogP contribution is 2.27. The van der Waals surface area contributed by atoms with E-state index in [2.05, 4.69) is 41.3 Å². The normalized spacial score (nSPS) is 23.8. The standard InChI is InChI=1S/C31H41FN6O2/c1-20-7-5-6-8-28(20)36-31(38-17-21(2)34-22(3)18-38)35-24-10-12-26-29(15-24)33-19-37(30(26)39)14-13-23-9-11-25(40-4)16-27(23)32/h9-12,15-16,19-22,28,34H,5-8,13-14,17-18H2,1-4H3,(H,35,36)/t20?,21-,22+,28?. The fourth-order valence-electron chi connectivity index (χ4n) is 5.96. The van der Waals surface area contributed by atoms with Gasteiger partial charge in [0.25, 0.3) is 5.56 Å². The molecule has 2 N–H and O–H groups in total. The van der Waals surface area contributed by atoms with Crippen molar-refractivity contribution >= 4 is 22.5 Å². The first-order valence-electron chi connectivity index (χ1n) is 14.5. The van der Waals surface area contributed by atoms with Crippen molar-refractivity contribution in [2.45, 2.75) is 77.5 Å². The van der Waals surface area contributed by atoms with Crippen molar-refractivity contribution in [1.82, 2.24) is 19.8 Å². The molecule has 1 aliphatic heterocycles. The van der Waals surface area contributed by atoms with Crippen LogP contribution < -0.4 is 20.9 Å². The molecule has 5 rings (SSSR count). The number of nitrogens with zero attached hydrogens (tertiary/aromatic N) is 4. The second-order valence-corrected chi connectivity index (χ2v) is 11.5. The van der Waals surface area contributed by atoms with E-state index in [0.717, 1.165) is 31.2 Å². The third-order valence-corrected chi connectivity index (χ3v) is 8.18. The minimum Gasteiger partial charge on any atom is -0.497 e. The average molecular weight is 549 g/mol. The van der Waals surface area contributed by atoms with Crippen LogP contribution in [0.1, 0.15) is 52.0 Å². The molecule has 0 spiro atoms. The molecule has 2 fully saturated rings. The number of hydrogen-bond donors (Lipinski definition) is 2. The summed E-state index contributed by atoms with van der Waals surface area (Å²) in [5.74, 6) is 1.59. The van der Waals surface area contributed by atoms with Gasteiger partial charge in [-0.3, -0.25) is 9.36 Å². The number of methoxy groups -OCH3 is 1. The van der Waals surface area contributed by atoms with Crippen LogP contribution in [0.2, 0.25) is 0 Å². The molecule has 8 nitrogen and oxygen atoms in total. The first kappa shape index (κ1) is 28.1. The quantitative estimate of drug-likeness (QED) is 0.340. The topological polar surface area (TPSA) is 83.8 Å². The molecule has 2 aliphatic rings. The number of hydrogen-bond acceptors (Lipinski definition) is 5. The van der Waals surface area contributed by atoms with Gasteiger partial charge in [-0.05, 0) is 68.9 Å². The second-order valence-electron chi connectivity index (χ2n) is 11.5. The molecule has 40 heavy (non-hydrogen) atoms. The highest BCUT2D eigenvalue weighted by molar-refractivity contribution is 5.96. The molecule has 2 heterocycles. The van der Waals surface area contributed by atoms with Gasteiger partial charge < -0.3 is 20.3 Å². The van der Waals surface area contributed by atoms with Crippen LogP contribution >= 0.6 is 0 Å². The van der Waals surface area contributed by atoms with E-state index in [1.807, 2.05) is 18.2 Å². The highest BCUT2D eigenvalue weighted by atomic mass is 19.1. The number of benzene rings is 2. The smallest absolute Gasteiger partial charge is 0.261 e. The van der Waals surface area contributed by atoms with E-state index in [-0.39, 0.29) is 11.4 Å². The maximum Gasteiger partial charge on any atom is 0.261 e. The molecule has 0 amide bonds. The molecular formula is C31H41FN6O2. The summed E-state index contributed by atoms with van der Waals surface area (Å²) in [4.78, 5) is 25.4. The van der Waals surface area contributed by atoms with Gasteiger partial charge in [0.1, 0.15) is 11.6 Å². The van der Waals surface area contributed by atoms with Gasteiger partial charge >= 0.3 is 0 Å². The van der Waals surface area contributed by atoms with Gasteiger partial charge in [-0.1, -0.05) is 25.8 Å². The number of aryl methyl sites for hydroxylation is 2. The Kier molecular flexibility index (Phi) is 8.69. The van der Waals surface area contributed by atoms with Crippen molar-refractivity contribution in [2.75, 3.05) is 25.5 Å². The zero-order valence-electron chi connectivity index (χ0n) is 24.0. The van der Waals surface area contributed by atoms with E-state index >= 15 is 0 Å². The molecular weight excluding hydrogens is 507 g/mol. The lowest BCUT2D eigenvalue weighted by Gasteiger charge is -2.39. The Morgan fingerprint density at radius 3 is 2.62 bits per heavy atom. The minimum atomic E-state index is -0.342. The van der Waals surface area contributed by atoms with E-state index in [0.29, 0.717) is 59.2 Å². The lowest BCUT2D eigenvalue weighted by atomic mass is 9.86. The zero-order valence-corrected chi connectivity index (χ0v) is 24.0. The SMILES string of the molecule is COc1ccc(CCn2cnc3cc(N/C(=N/C4CCCCC4C)N4C[C@@H](C)N[C@@H](C)C4)ccc3c2=O)c(F)c1. The van der Waals surface area contributed by atoms with Crippen molar-refractivity contribution in [3.63, 3.8) is 0 Å². The molecule has 3 aromatic rings.